The number of rotatable bonds is 13. The normalized spacial score (nSPS) is 13.4. The van der Waals surface area contributed by atoms with E-state index >= 15 is 0 Å². The van der Waals surface area contributed by atoms with Gasteiger partial charge in [0.1, 0.15) is 6.61 Å². The molecule has 0 fully saturated rings. The van der Waals surface area contributed by atoms with Crippen LogP contribution in [0.2, 0.25) is 0 Å². The van der Waals surface area contributed by atoms with E-state index in [1.165, 1.54) is 0 Å². The molecule has 0 spiro atoms. The van der Waals surface area contributed by atoms with E-state index in [2.05, 4.69) is 33.0 Å². The first kappa shape index (κ1) is 19.6. The van der Waals surface area contributed by atoms with Crippen molar-refractivity contribution < 1.29 is 14.3 Å². The van der Waals surface area contributed by atoms with E-state index in [-0.39, 0.29) is 23.8 Å². The zero-order chi connectivity index (χ0) is 15.4. The number of nitrogens with one attached hydrogen (secondary N) is 1. The molecule has 0 aliphatic carbocycles. The smallest absolute Gasteiger partial charge is 0.161 e. The molecule has 20 heavy (non-hydrogen) atoms. The maximum Gasteiger partial charge on any atom is 0.161 e. The lowest BCUT2D eigenvalue weighted by atomic mass is 10.0. The molecule has 0 aliphatic rings. The van der Waals surface area contributed by atoms with Crippen LogP contribution in [0.3, 0.4) is 0 Å². The second-order valence-corrected chi connectivity index (χ2v) is 5.99. The van der Waals surface area contributed by atoms with Crippen molar-refractivity contribution in [2.24, 2.45) is 5.92 Å². The molecule has 0 bridgehead atoms. The van der Waals surface area contributed by atoms with Gasteiger partial charge in [-0.05, 0) is 26.7 Å². The summed E-state index contributed by atoms with van der Waals surface area (Å²) in [5, 5.41) is 3.43. The van der Waals surface area contributed by atoms with Gasteiger partial charge in [-0.1, -0.05) is 27.2 Å². The minimum absolute atomic E-state index is 0.112. The predicted molar refractivity (Wildman–Crippen MR) is 83.1 cm³/mol. The molecule has 0 rings (SSSR count). The Balaban J connectivity index is 3.39. The summed E-state index contributed by atoms with van der Waals surface area (Å²) in [4.78, 5) is 11.6. The van der Waals surface area contributed by atoms with Gasteiger partial charge < -0.3 is 14.8 Å². The second-order valence-electron chi connectivity index (χ2n) is 5.99. The Kier molecular flexibility index (Phi) is 11.0. The third-order valence-electron chi connectivity index (χ3n) is 3.62. The molecule has 1 N–H and O–H groups in total. The predicted octanol–water partition coefficient (Wildman–Crippen LogP) is 2.80. The molecule has 4 nitrogen and oxygen atoms in total. The standard InChI is InChI=1S/C16H33NO3/c1-6-8-14(3)15(18)13-20-12-11-19-10-9-17-16(4,5)7-2/h14,17H,6-13H2,1-5H3. The van der Waals surface area contributed by atoms with E-state index in [4.69, 9.17) is 9.47 Å². The first-order chi connectivity index (χ1) is 9.43. The molecule has 0 aliphatic heterocycles. The summed E-state index contributed by atoms with van der Waals surface area (Å²) in [6.45, 7) is 13.3. The first-order valence-electron chi connectivity index (χ1n) is 7.86. The maximum atomic E-state index is 11.6. The Morgan fingerprint density at radius 3 is 2.40 bits per heavy atom. The quantitative estimate of drug-likeness (QED) is 0.529. The van der Waals surface area contributed by atoms with Crippen LogP contribution in [0.25, 0.3) is 0 Å². The summed E-state index contributed by atoms with van der Waals surface area (Å²) < 4.78 is 10.8. The van der Waals surface area contributed by atoms with Crippen LogP contribution in [0.15, 0.2) is 0 Å². The van der Waals surface area contributed by atoms with Gasteiger partial charge in [0.2, 0.25) is 0 Å². The molecule has 1 unspecified atom stereocenters. The monoisotopic (exact) mass is 287 g/mol. The molecule has 0 heterocycles. The number of hydrogen-bond acceptors (Lipinski definition) is 4. The minimum Gasteiger partial charge on any atom is -0.378 e. The van der Waals surface area contributed by atoms with Crippen molar-refractivity contribution >= 4 is 5.78 Å². The zero-order valence-electron chi connectivity index (χ0n) is 14.0. The highest BCUT2D eigenvalue weighted by molar-refractivity contribution is 5.81. The second kappa shape index (κ2) is 11.2. The molecular weight excluding hydrogens is 254 g/mol. The van der Waals surface area contributed by atoms with Gasteiger partial charge in [0.25, 0.3) is 0 Å². The van der Waals surface area contributed by atoms with Gasteiger partial charge in [-0.2, -0.15) is 0 Å². The lowest BCUT2D eigenvalue weighted by Crippen LogP contribution is -2.40. The van der Waals surface area contributed by atoms with Crippen LogP contribution in [0, 0.1) is 5.92 Å². The number of carbonyl (C=O) groups excluding carboxylic acids is 1. The van der Waals surface area contributed by atoms with E-state index < -0.39 is 0 Å². The van der Waals surface area contributed by atoms with E-state index in [9.17, 15) is 4.79 Å². The highest BCUT2D eigenvalue weighted by atomic mass is 16.5. The van der Waals surface area contributed by atoms with E-state index in [0.717, 1.165) is 25.8 Å². The molecule has 0 radical (unpaired) electrons. The number of hydrogen-bond donors (Lipinski definition) is 1. The number of Topliss-reactive ketones (excluding diaryl/α,β-unsaturated/α-hetero) is 1. The van der Waals surface area contributed by atoms with Gasteiger partial charge in [-0.15, -0.1) is 0 Å². The Morgan fingerprint density at radius 1 is 1.15 bits per heavy atom. The van der Waals surface area contributed by atoms with Crippen LogP contribution in [-0.2, 0) is 14.3 Å². The SMILES string of the molecule is CCCC(C)C(=O)COCCOCCNC(C)(C)CC. The van der Waals surface area contributed by atoms with Crippen LogP contribution >= 0.6 is 0 Å². The number of ether oxygens (including phenoxy) is 2. The third-order valence-corrected chi connectivity index (χ3v) is 3.62. The van der Waals surface area contributed by atoms with Crippen LogP contribution in [-0.4, -0.2) is 44.3 Å². The molecule has 120 valence electrons. The fraction of sp³-hybridized carbons (Fsp3) is 0.938. The van der Waals surface area contributed by atoms with Crippen LogP contribution < -0.4 is 5.32 Å². The molecule has 0 aromatic heterocycles. The molecule has 0 saturated carbocycles. The fourth-order valence-electron chi connectivity index (χ4n) is 1.72. The summed E-state index contributed by atoms with van der Waals surface area (Å²) in [7, 11) is 0. The average Bonchev–Trinajstić information content (AvgIpc) is 2.41. The molecule has 0 aromatic rings. The Morgan fingerprint density at radius 2 is 1.80 bits per heavy atom. The molecule has 0 amide bonds. The Hall–Kier alpha value is -0.450. The van der Waals surface area contributed by atoms with Gasteiger partial charge >= 0.3 is 0 Å². The number of carbonyl (C=O) groups is 1. The molecular formula is C16H33NO3. The Bertz CT molecular complexity index is 254. The molecule has 1 atom stereocenters. The van der Waals surface area contributed by atoms with Crippen molar-refractivity contribution in [3.8, 4) is 0 Å². The molecule has 0 saturated heterocycles. The minimum atomic E-state index is 0.112. The lowest BCUT2D eigenvalue weighted by Gasteiger charge is -2.24. The van der Waals surface area contributed by atoms with Gasteiger partial charge in [-0.3, -0.25) is 4.79 Å². The van der Waals surface area contributed by atoms with Gasteiger partial charge in [0, 0.05) is 18.0 Å². The van der Waals surface area contributed by atoms with Crippen LogP contribution in [0.5, 0.6) is 0 Å². The lowest BCUT2D eigenvalue weighted by molar-refractivity contribution is -0.127. The topological polar surface area (TPSA) is 47.6 Å². The first-order valence-corrected chi connectivity index (χ1v) is 7.86. The molecule has 0 aromatic carbocycles. The highest BCUT2D eigenvalue weighted by Gasteiger charge is 2.13. The molecule has 4 heteroatoms. The van der Waals surface area contributed by atoms with E-state index in [1.807, 2.05) is 6.92 Å². The van der Waals surface area contributed by atoms with Crippen molar-refractivity contribution in [1.29, 1.82) is 0 Å². The summed E-state index contributed by atoms with van der Waals surface area (Å²) in [6, 6.07) is 0. The van der Waals surface area contributed by atoms with Crippen molar-refractivity contribution in [2.45, 2.75) is 59.4 Å². The van der Waals surface area contributed by atoms with Crippen LogP contribution in [0.4, 0.5) is 0 Å². The zero-order valence-corrected chi connectivity index (χ0v) is 14.0. The van der Waals surface area contributed by atoms with Gasteiger partial charge in [0.15, 0.2) is 5.78 Å². The van der Waals surface area contributed by atoms with Crippen molar-refractivity contribution in [3.63, 3.8) is 0 Å². The van der Waals surface area contributed by atoms with E-state index in [1.54, 1.807) is 0 Å². The largest absolute Gasteiger partial charge is 0.378 e. The average molecular weight is 287 g/mol. The summed E-state index contributed by atoms with van der Waals surface area (Å²) in [5.41, 5.74) is 0.168. The fourth-order valence-corrected chi connectivity index (χ4v) is 1.72. The number of ketones is 1. The van der Waals surface area contributed by atoms with Crippen LogP contribution in [0.1, 0.15) is 53.9 Å². The summed E-state index contributed by atoms with van der Waals surface area (Å²) >= 11 is 0. The van der Waals surface area contributed by atoms with Gasteiger partial charge in [0.05, 0.1) is 19.8 Å². The summed E-state index contributed by atoms with van der Waals surface area (Å²) in [5.74, 6) is 0.305. The maximum absolute atomic E-state index is 11.6. The van der Waals surface area contributed by atoms with Crippen molar-refractivity contribution in [3.05, 3.63) is 0 Å². The third kappa shape index (κ3) is 10.4. The van der Waals surface area contributed by atoms with E-state index in [0.29, 0.717) is 19.8 Å². The Labute approximate surface area is 124 Å². The highest BCUT2D eigenvalue weighted by Crippen LogP contribution is 2.06. The van der Waals surface area contributed by atoms with Crippen molar-refractivity contribution in [2.75, 3.05) is 33.0 Å². The van der Waals surface area contributed by atoms with Crippen molar-refractivity contribution in [1.82, 2.24) is 5.32 Å². The summed E-state index contributed by atoms with van der Waals surface area (Å²) in [6.07, 6.45) is 3.07. The van der Waals surface area contributed by atoms with Gasteiger partial charge in [-0.25, -0.2) is 0 Å².